The number of nitrogens with zero attached hydrogens (tertiary/aromatic N) is 1. The van der Waals surface area contributed by atoms with Gasteiger partial charge in [-0.25, -0.2) is 4.79 Å². The van der Waals surface area contributed by atoms with E-state index in [-0.39, 0.29) is 23.9 Å². The van der Waals surface area contributed by atoms with Crippen LogP contribution in [0.2, 0.25) is 0 Å². The molecule has 1 aliphatic heterocycles. The van der Waals surface area contributed by atoms with E-state index in [2.05, 4.69) is 27.9 Å². The fraction of sp³-hybridized carbons (Fsp3) is 0.500. The Kier molecular flexibility index (Phi) is 7.88. The SMILES string of the molecule is O=C(O)N[C@H](COC(I)c1ccccc1)C(=O)N1CCOCC1CO. The first-order valence-corrected chi connectivity index (χ1v) is 9.06. The first-order valence-electron chi connectivity index (χ1n) is 7.82. The Labute approximate surface area is 159 Å². The van der Waals surface area contributed by atoms with E-state index >= 15 is 0 Å². The monoisotopic (exact) mass is 464 g/mol. The van der Waals surface area contributed by atoms with Crippen LogP contribution in [0.15, 0.2) is 30.3 Å². The molecule has 0 radical (unpaired) electrons. The number of carbonyl (C=O) groups is 2. The molecule has 8 nitrogen and oxygen atoms in total. The first-order chi connectivity index (χ1) is 12.0. The summed E-state index contributed by atoms with van der Waals surface area (Å²) < 4.78 is 10.6. The van der Waals surface area contributed by atoms with E-state index in [1.54, 1.807) is 0 Å². The summed E-state index contributed by atoms with van der Waals surface area (Å²) in [6.07, 6.45) is -1.31. The predicted molar refractivity (Wildman–Crippen MR) is 97.5 cm³/mol. The van der Waals surface area contributed by atoms with Gasteiger partial charge in [0.05, 0.1) is 32.5 Å². The minimum Gasteiger partial charge on any atom is -0.465 e. The maximum Gasteiger partial charge on any atom is 0.405 e. The zero-order valence-corrected chi connectivity index (χ0v) is 15.7. The average molecular weight is 464 g/mol. The lowest BCUT2D eigenvalue weighted by Gasteiger charge is -2.36. The van der Waals surface area contributed by atoms with Gasteiger partial charge in [0.25, 0.3) is 0 Å². The molecule has 0 spiro atoms. The van der Waals surface area contributed by atoms with Crippen LogP contribution in [0.3, 0.4) is 0 Å². The topological polar surface area (TPSA) is 108 Å². The van der Waals surface area contributed by atoms with Crippen molar-refractivity contribution in [3.8, 4) is 0 Å². The summed E-state index contributed by atoms with van der Waals surface area (Å²) in [5.74, 6) is -0.429. The molecule has 2 amide bonds. The van der Waals surface area contributed by atoms with Crippen LogP contribution in [-0.4, -0.2) is 72.2 Å². The van der Waals surface area contributed by atoms with E-state index < -0.39 is 24.1 Å². The van der Waals surface area contributed by atoms with Gasteiger partial charge >= 0.3 is 6.09 Å². The molecule has 9 heteroatoms. The van der Waals surface area contributed by atoms with Crippen molar-refractivity contribution >= 4 is 34.6 Å². The summed E-state index contributed by atoms with van der Waals surface area (Å²) >= 11 is 2.08. The Balaban J connectivity index is 2.02. The number of rotatable bonds is 7. The summed E-state index contributed by atoms with van der Waals surface area (Å²) in [5, 5.41) is 20.6. The smallest absolute Gasteiger partial charge is 0.405 e. The maximum atomic E-state index is 12.7. The molecular formula is C16H21IN2O6. The lowest BCUT2D eigenvalue weighted by atomic mass is 10.2. The number of hydrogen-bond donors (Lipinski definition) is 3. The third kappa shape index (κ3) is 5.80. The van der Waals surface area contributed by atoms with E-state index in [0.29, 0.717) is 13.2 Å². The summed E-state index contributed by atoms with van der Waals surface area (Å²) in [5.41, 5.74) is 0.921. The van der Waals surface area contributed by atoms with Crippen molar-refractivity contribution in [3.63, 3.8) is 0 Å². The number of aliphatic hydroxyl groups excluding tert-OH is 1. The van der Waals surface area contributed by atoms with E-state index in [1.807, 2.05) is 30.3 Å². The van der Waals surface area contributed by atoms with E-state index in [9.17, 15) is 14.7 Å². The van der Waals surface area contributed by atoms with Crippen molar-refractivity contribution in [2.75, 3.05) is 33.0 Å². The normalized spacial score (nSPS) is 19.9. The zero-order valence-electron chi connectivity index (χ0n) is 13.5. The number of nitrogens with one attached hydrogen (secondary N) is 1. The lowest BCUT2D eigenvalue weighted by Crippen LogP contribution is -2.58. The average Bonchev–Trinajstić information content (AvgIpc) is 2.64. The summed E-state index contributed by atoms with van der Waals surface area (Å²) in [6, 6.07) is 7.89. The van der Waals surface area contributed by atoms with Gasteiger partial charge in [-0.2, -0.15) is 0 Å². The van der Waals surface area contributed by atoms with Crippen molar-refractivity contribution in [1.29, 1.82) is 0 Å². The Morgan fingerprint density at radius 1 is 1.40 bits per heavy atom. The number of carboxylic acid groups (broad SMARTS) is 1. The molecule has 3 atom stereocenters. The van der Waals surface area contributed by atoms with Gasteiger partial charge in [0.2, 0.25) is 5.91 Å². The standard InChI is InChI=1S/C16H21IN2O6/c17-14(11-4-2-1-3-5-11)25-10-13(18-16(22)23)15(21)19-6-7-24-9-12(19)8-20/h1-5,12-14,18,20H,6-10H2,(H,22,23)/t12?,13-,14?/m1/s1. The molecule has 3 N–H and O–H groups in total. The number of morpholine rings is 1. The Morgan fingerprint density at radius 3 is 2.76 bits per heavy atom. The molecule has 1 fully saturated rings. The van der Waals surface area contributed by atoms with Gasteiger partial charge in [0.15, 0.2) is 0 Å². The molecule has 0 aliphatic carbocycles. The van der Waals surface area contributed by atoms with Crippen molar-refractivity contribution in [2.24, 2.45) is 0 Å². The van der Waals surface area contributed by atoms with Crippen molar-refractivity contribution in [3.05, 3.63) is 35.9 Å². The Bertz CT molecular complexity index is 573. The second-order valence-electron chi connectivity index (χ2n) is 5.51. The molecule has 0 aromatic heterocycles. The zero-order chi connectivity index (χ0) is 18.2. The molecule has 25 heavy (non-hydrogen) atoms. The molecule has 1 aliphatic rings. The number of hydrogen-bond acceptors (Lipinski definition) is 5. The molecule has 1 aromatic rings. The maximum absolute atomic E-state index is 12.7. The first kappa shape index (κ1) is 19.9. The Morgan fingerprint density at radius 2 is 2.12 bits per heavy atom. The number of ether oxygens (including phenoxy) is 2. The Hall–Kier alpha value is -1.43. The fourth-order valence-corrected chi connectivity index (χ4v) is 3.12. The van der Waals surface area contributed by atoms with Gasteiger partial charge < -0.3 is 29.9 Å². The lowest BCUT2D eigenvalue weighted by molar-refractivity contribution is -0.145. The minimum absolute atomic E-state index is 0.108. The molecule has 1 saturated heterocycles. The van der Waals surface area contributed by atoms with Crippen LogP contribution in [0.1, 0.15) is 9.67 Å². The number of halogens is 1. The van der Waals surface area contributed by atoms with Crippen LogP contribution in [-0.2, 0) is 14.3 Å². The quantitative estimate of drug-likeness (QED) is 0.411. The largest absolute Gasteiger partial charge is 0.465 e. The summed E-state index contributed by atoms with van der Waals surface area (Å²) in [4.78, 5) is 25.2. The van der Waals surface area contributed by atoms with Crippen LogP contribution in [0, 0.1) is 0 Å². The molecule has 0 bridgehead atoms. The van der Waals surface area contributed by atoms with Gasteiger partial charge in [-0.15, -0.1) is 0 Å². The highest BCUT2D eigenvalue weighted by Gasteiger charge is 2.33. The van der Waals surface area contributed by atoms with Crippen LogP contribution in [0.5, 0.6) is 0 Å². The minimum atomic E-state index is -1.31. The fourth-order valence-electron chi connectivity index (χ4n) is 2.50. The molecule has 138 valence electrons. The molecule has 0 saturated carbocycles. The third-order valence-electron chi connectivity index (χ3n) is 3.79. The number of benzene rings is 1. The van der Waals surface area contributed by atoms with Crippen molar-refractivity contribution < 1.29 is 29.3 Å². The second-order valence-corrected chi connectivity index (χ2v) is 6.64. The van der Waals surface area contributed by atoms with Gasteiger partial charge in [-0.05, 0) is 28.2 Å². The molecule has 2 unspecified atom stereocenters. The van der Waals surface area contributed by atoms with Crippen LogP contribution in [0.25, 0.3) is 0 Å². The van der Waals surface area contributed by atoms with E-state index in [4.69, 9.17) is 14.6 Å². The molecule has 2 rings (SSSR count). The number of alkyl halides is 1. The number of aliphatic hydroxyl groups is 1. The highest BCUT2D eigenvalue weighted by molar-refractivity contribution is 14.1. The van der Waals surface area contributed by atoms with Crippen LogP contribution < -0.4 is 5.32 Å². The highest BCUT2D eigenvalue weighted by Crippen LogP contribution is 2.24. The molecular weight excluding hydrogens is 443 g/mol. The van der Waals surface area contributed by atoms with Crippen molar-refractivity contribution in [1.82, 2.24) is 10.2 Å². The van der Waals surface area contributed by atoms with Gasteiger partial charge in [0, 0.05) is 6.54 Å². The van der Waals surface area contributed by atoms with E-state index in [1.165, 1.54) is 4.90 Å². The third-order valence-corrected chi connectivity index (χ3v) is 4.87. The van der Waals surface area contributed by atoms with Crippen molar-refractivity contribution in [2.45, 2.75) is 16.2 Å². The van der Waals surface area contributed by atoms with Crippen LogP contribution in [0.4, 0.5) is 4.79 Å². The van der Waals surface area contributed by atoms with Gasteiger partial charge in [0.1, 0.15) is 10.2 Å². The second kappa shape index (κ2) is 9.90. The highest BCUT2D eigenvalue weighted by atomic mass is 127. The van der Waals surface area contributed by atoms with Gasteiger partial charge in [-0.1, -0.05) is 30.3 Å². The summed E-state index contributed by atoms with van der Waals surface area (Å²) in [7, 11) is 0. The molecule has 1 aromatic carbocycles. The van der Waals surface area contributed by atoms with Gasteiger partial charge in [-0.3, -0.25) is 4.79 Å². The summed E-state index contributed by atoms with van der Waals surface area (Å²) in [6.45, 7) is 0.520. The molecule has 1 heterocycles. The number of carbonyl (C=O) groups excluding carboxylic acids is 1. The number of amides is 2. The predicted octanol–water partition coefficient (Wildman–Crippen LogP) is 0.993. The van der Waals surface area contributed by atoms with E-state index in [0.717, 1.165) is 5.56 Å². The van der Waals surface area contributed by atoms with Crippen LogP contribution >= 0.6 is 22.6 Å².